The summed E-state index contributed by atoms with van der Waals surface area (Å²) in [7, 11) is 1.65. The molecule has 0 amide bonds. The Kier molecular flexibility index (Phi) is 7.02. The Morgan fingerprint density at radius 1 is 1.20 bits per heavy atom. The largest absolute Gasteiger partial charge is 0.416 e. The topological polar surface area (TPSA) is 21.3 Å². The molecule has 0 radical (unpaired) electrons. The molecule has 0 fully saturated rings. The van der Waals surface area contributed by atoms with Crippen LogP contribution in [-0.4, -0.2) is 20.3 Å². The maximum atomic E-state index is 12.5. The predicted octanol–water partition coefficient (Wildman–Crippen LogP) is 4.17. The van der Waals surface area contributed by atoms with Gasteiger partial charge in [0.05, 0.1) is 5.56 Å². The summed E-state index contributed by atoms with van der Waals surface area (Å²) >= 11 is 0. The van der Waals surface area contributed by atoms with Gasteiger partial charge in [0.25, 0.3) is 0 Å². The number of methoxy groups -OCH3 is 1. The summed E-state index contributed by atoms with van der Waals surface area (Å²) in [6.07, 6.45) is -1.57. The molecular formula is C15H22F3NO. The minimum atomic E-state index is -4.28. The summed E-state index contributed by atoms with van der Waals surface area (Å²) in [5.74, 6) is 0. The average Bonchev–Trinajstić information content (AvgIpc) is 2.42. The van der Waals surface area contributed by atoms with Crippen molar-refractivity contribution >= 4 is 0 Å². The molecule has 1 aromatic carbocycles. The number of rotatable bonds is 8. The monoisotopic (exact) mass is 289 g/mol. The molecule has 114 valence electrons. The number of alkyl halides is 3. The van der Waals surface area contributed by atoms with Crippen molar-refractivity contribution < 1.29 is 17.9 Å². The first-order valence-corrected chi connectivity index (χ1v) is 6.88. The average molecular weight is 289 g/mol. The van der Waals surface area contributed by atoms with Crippen LogP contribution >= 0.6 is 0 Å². The second-order valence-corrected chi connectivity index (χ2v) is 4.76. The summed E-state index contributed by atoms with van der Waals surface area (Å²) in [6, 6.07) is 5.48. The highest BCUT2D eigenvalue weighted by atomic mass is 19.4. The highest BCUT2D eigenvalue weighted by molar-refractivity contribution is 5.26. The minimum Gasteiger partial charge on any atom is -0.385 e. The van der Waals surface area contributed by atoms with Gasteiger partial charge >= 0.3 is 6.18 Å². The van der Waals surface area contributed by atoms with E-state index in [0.717, 1.165) is 43.5 Å². The van der Waals surface area contributed by atoms with Gasteiger partial charge in [-0.25, -0.2) is 0 Å². The first kappa shape index (κ1) is 17.0. The molecular weight excluding hydrogens is 267 g/mol. The Hall–Kier alpha value is -1.07. The molecule has 1 rings (SSSR count). The van der Waals surface area contributed by atoms with E-state index in [9.17, 15) is 13.2 Å². The summed E-state index contributed by atoms with van der Waals surface area (Å²) in [4.78, 5) is 0. The van der Waals surface area contributed by atoms with Gasteiger partial charge in [0.1, 0.15) is 0 Å². The van der Waals surface area contributed by atoms with Crippen LogP contribution in [-0.2, 0) is 10.9 Å². The molecule has 0 aliphatic carbocycles. The Balaban J connectivity index is 2.73. The van der Waals surface area contributed by atoms with E-state index in [4.69, 9.17) is 4.74 Å². The van der Waals surface area contributed by atoms with E-state index in [-0.39, 0.29) is 6.04 Å². The predicted molar refractivity (Wildman–Crippen MR) is 73.6 cm³/mol. The number of halogens is 3. The molecule has 0 aliphatic rings. The first-order valence-electron chi connectivity index (χ1n) is 6.88. The molecule has 1 N–H and O–H groups in total. The number of benzene rings is 1. The Labute approximate surface area is 118 Å². The molecule has 5 heteroatoms. The van der Waals surface area contributed by atoms with Crippen LogP contribution in [0.15, 0.2) is 24.3 Å². The molecule has 0 saturated heterocycles. The van der Waals surface area contributed by atoms with Crippen LogP contribution in [0.5, 0.6) is 0 Å². The fourth-order valence-corrected chi connectivity index (χ4v) is 2.04. The van der Waals surface area contributed by atoms with Gasteiger partial charge in [-0.2, -0.15) is 13.2 Å². The molecule has 20 heavy (non-hydrogen) atoms. The van der Waals surface area contributed by atoms with Crippen LogP contribution in [0, 0.1) is 0 Å². The fraction of sp³-hybridized carbons (Fsp3) is 0.600. The summed E-state index contributed by atoms with van der Waals surface area (Å²) in [5, 5.41) is 3.37. The lowest BCUT2D eigenvalue weighted by molar-refractivity contribution is -0.137. The van der Waals surface area contributed by atoms with E-state index in [1.165, 1.54) is 0 Å². The van der Waals surface area contributed by atoms with Crippen LogP contribution in [0.2, 0.25) is 0 Å². The van der Waals surface area contributed by atoms with Gasteiger partial charge in [0.15, 0.2) is 0 Å². The van der Waals surface area contributed by atoms with Gasteiger partial charge in [0.2, 0.25) is 0 Å². The highest BCUT2D eigenvalue weighted by Gasteiger charge is 2.30. The van der Waals surface area contributed by atoms with Crippen molar-refractivity contribution in [3.05, 3.63) is 35.4 Å². The van der Waals surface area contributed by atoms with Gasteiger partial charge in [-0.15, -0.1) is 0 Å². The summed E-state index contributed by atoms with van der Waals surface area (Å²) < 4.78 is 42.6. The number of ether oxygens (including phenoxy) is 1. The molecule has 0 aliphatic heterocycles. The van der Waals surface area contributed by atoms with Gasteiger partial charge < -0.3 is 10.1 Å². The van der Waals surface area contributed by atoms with E-state index >= 15 is 0 Å². The second kappa shape index (κ2) is 8.27. The molecule has 0 saturated carbocycles. The minimum absolute atomic E-state index is 0.0763. The lowest BCUT2D eigenvalue weighted by atomic mass is 10.0. The van der Waals surface area contributed by atoms with E-state index in [2.05, 4.69) is 12.2 Å². The molecule has 1 unspecified atom stereocenters. The van der Waals surface area contributed by atoms with Gasteiger partial charge in [-0.3, -0.25) is 0 Å². The zero-order chi connectivity index (χ0) is 15.0. The first-order chi connectivity index (χ1) is 9.49. The maximum Gasteiger partial charge on any atom is 0.416 e. The number of hydrogen-bond acceptors (Lipinski definition) is 2. The van der Waals surface area contributed by atoms with Crippen LogP contribution in [0.25, 0.3) is 0 Å². The third-order valence-corrected chi connectivity index (χ3v) is 3.12. The van der Waals surface area contributed by atoms with Crippen molar-refractivity contribution in [2.24, 2.45) is 0 Å². The maximum absolute atomic E-state index is 12.5. The van der Waals surface area contributed by atoms with Crippen molar-refractivity contribution in [1.82, 2.24) is 5.32 Å². The molecule has 0 bridgehead atoms. The van der Waals surface area contributed by atoms with Crippen LogP contribution in [0.3, 0.4) is 0 Å². The normalized spacial score (nSPS) is 13.4. The molecule has 2 nitrogen and oxygen atoms in total. The Bertz CT molecular complexity index is 376. The summed E-state index contributed by atoms with van der Waals surface area (Å²) in [5.41, 5.74) is 0.287. The van der Waals surface area contributed by atoms with E-state index in [1.54, 1.807) is 19.2 Å². The smallest absolute Gasteiger partial charge is 0.385 e. The third-order valence-electron chi connectivity index (χ3n) is 3.12. The van der Waals surface area contributed by atoms with Gasteiger partial charge in [0, 0.05) is 19.8 Å². The lowest BCUT2D eigenvalue weighted by Crippen LogP contribution is -2.22. The summed E-state index contributed by atoms with van der Waals surface area (Å²) in [6.45, 7) is 3.57. The van der Waals surface area contributed by atoms with Crippen LogP contribution in [0.4, 0.5) is 13.2 Å². The standard InChI is InChI=1S/C15H22F3NO/c1-3-10-19-14(5-4-11-20-2)12-6-8-13(9-7-12)15(16,17)18/h6-9,14,19H,3-5,10-11H2,1-2H3. The lowest BCUT2D eigenvalue weighted by Gasteiger charge is -2.19. The number of nitrogens with one attached hydrogen (secondary N) is 1. The molecule has 0 aromatic heterocycles. The Morgan fingerprint density at radius 2 is 1.85 bits per heavy atom. The van der Waals surface area contributed by atoms with E-state index < -0.39 is 11.7 Å². The van der Waals surface area contributed by atoms with Crippen molar-refractivity contribution in [2.45, 2.75) is 38.4 Å². The van der Waals surface area contributed by atoms with E-state index in [1.807, 2.05) is 0 Å². The molecule has 1 atom stereocenters. The zero-order valence-electron chi connectivity index (χ0n) is 12.0. The van der Waals surface area contributed by atoms with Gasteiger partial charge in [-0.05, 0) is 43.5 Å². The quantitative estimate of drug-likeness (QED) is 0.725. The highest BCUT2D eigenvalue weighted by Crippen LogP contribution is 2.30. The van der Waals surface area contributed by atoms with E-state index in [0.29, 0.717) is 6.61 Å². The van der Waals surface area contributed by atoms with Crippen molar-refractivity contribution in [3.8, 4) is 0 Å². The SMILES string of the molecule is CCCNC(CCCOC)c1ccc(C(F)(F)F)cc1. The molecule has 0 spiro atoms. The van der Waals surface area contributed by atoms with Gasteiger partial charge in [-0.1, -0.05) is 19.1 Å². The fourth-order valence-electron chi connectivity index (χ4n) is 2.04. The van der Waals surface area contributed by atoms with Crippen molar-refractivity contribution in [3.63, 3.8) is 0 Å². The molecule has 0 heterocycles. The molecule has 1 aromatic rings. The third kappa shape index (κ3) is 5.51. The Morgan fingerprint density at radius 3 is 2.35 bits per heavy atom. The van der Waals surface area contributed by atoms with Crippen molar-refractivity contribution in [2.75, 3.05) is 20.3 Å². The van der Waals surface area contributed by atoms with Crippen LogP contribution in [0.1, 0.15) is 43.4 Å². The zero-order valence-corrected chi connectivity index (χ0v) is 12.0. The number of hydrogen-bond donors (Lipinski definition) is 1. The van der Waals surface area contributed by atoms with Crippen LogP contribution < -0.4 is 5.32 Å². The second-order valence-electron chi connectivity index (χ2n) is 4.76. The van der Waals surface area contributed by atoms with Crippen molar-refractivity contribution in [1.29, 1.82) is 0 Å².